The largest absolute Gasteiger partial charge is 0.346 e. The number of nitrogens with one attached hydrogen (secondary N) is 1. The van der Waals surface area contributed by atoms with Crippen LogP contribution in [0.2, 0.25) is 0 Å². The van der Waals surface area contributed by atoms with Crippen molar-refractivity contribution in [3.05, 3.63) is 39.7 Å². The van der Waals surface area contributed by atoms with Crippen LogP contribution in [0.4, 0.5) is 0 Å². The molecule has 36 heavy (non-hydrogen) atoms. The van der Waals surface area contributed by atoms with Crippen LogP contribution in [-0.2, 0) is 4.79 Å². The number of piperidine rings is 1. The molecule has 2 fully saturated rings. The number of pyridine rings is 1. The highest BCUT2D eigenvalue weighted by molar-refractivity contribution is 7.19. The lowest BCUT2D eigenvalue weighted by atomic mass is 9.87. The Bertz CT molecular complexity index is 1450. The van der Waals surface area contributed by atoms with E-state index in [1.54, 1.807) is 11.2 Å². The van der Waals surface area contributed by atoms with E-state index in [0.717, 1.165) is 50.8 Å². The first-order valence-corrected chi connectivity index (χ1v) is 14.4. The number of rotatable bonds is 4. The number of fused-ring (bicyclic) bond motifs is 2. The minimum Gasteiger partial charge on any atom is -0.346 e. The maximum Gasteiger partial charge on any atom is 0.158 e. The van der Waals surface area contributed by atoms with Crippen LogP contribution in [0.15, 0.2) is 12.5 Å². The van der Waals surface area contributed by atoms with Crippen LogP contribution in [-0.4, -0.2) is 49.4 Å². The highest BCUT2D eigenvalue weighted by Crippen LogP contribution is 2.46. The summed E-state index contributed by atoms with van der Waals surface area (Å²) in [5.41, 5.74) is 8.66. The first-order valence-electron chi connectivity index (χ1n) is 13.6. The van der Waals surface area contributed by atoms with Gasteiger partial charge in [0, 0.05) is 28.4 Å². The van der Waals surface area contributed by atoms with Crippen LogP contribution in [0, 0.1) is 20.8 Å². The van der Waals surface area contributed by atoms with Crippen molar-refractivity contribution in [1.29, 1.82) is 0 Å². The summed E-state index contributed by atoms with van der Waals surface area (Å²) in [6.07, 6.45) is 10.2. The van der Waals surface area contributed by atoms with Crippen LogP contribution < -0.4 is 0 Å². The number of ketones is 1. The zero-order valence-electron chi connectivity index (χ0n) is 22.1. The maximum absolute atomic E-state index is 12.5. The van der Waals surface area contributed by atoms with Gasteiger partial charge in [0.1, 0.15) is 16.9 Å². The Labute approximate surface area is 217 Å². The van der Waals surface area contributed by atoms with E-state index in [4.69, 9.17) is 0 Å². The van der Waals surface area contributed by atoms with Gasteiger partial charge in [0.15, 0.2) is 5.65 Å². The van der Waals surface area contributed by atoms with Gasteiger partial charge < -0.3 is 4.98 Å². The molecule has 4 aromatic heterocycles. The van der Waals surface area contributed by atoms with E-state index in [-0.39, 0.29) is 6.04 Å². The van der Waals surface area contributed by atoms with Crippen molar-refractivity contribution in [2.45, 2.75) is 91.0 Å². The predicted octanol–water partition coefficient (Wildman–Crippen LogP) is 6.68. The zero-order chi connectivity index (χ0) is 25.1. The van der Waals surface area contributed by atoms with Gasteiger partial charge in [-0.05, 0) is 93.6 Å². The molecule has 7 heteroatoms. The van der Waals surface area contributed by atoms with Gasteiger partial charge in [0.2, 0.25) is 0 Å². The quantitative estimate of drug-likeness (QED) is 0.337. The van der Waals surface area contributed by atoms with Gasteiger partial charge in [-0.2, -0.15) is 5.10 Å². The number of carbonyl (C=O) groups is 1. The Morgan fingerprint density at radius 1 is 1.06 bits per heavy atom. The number of nitrogens with zero attached hydrogens (tertiary/aromatic N) is 4. The summed E-state index contributed by atoms with van der Waals surface area (Å²) >= 11 is 1.95. The van der Waals surface area contributed by atoms with Crippen molar-refractivity contribution in [3.63, 3.8) is 0 Å². The van der Waals surface area contributed by atoms with Gasteiger partial charge in [-0.1, -0.05) is 20.3 Å². The van der Waals surface area contributed by atoms with E-state index in [1.807, 2.05) is 15.9 Å². The standard InChI is InChI=1S/C29H37N5OS/c1-16(2)24-25-19(5)27(20-10-12-33(13-11-20)22-8-6-7-9-23(22)35)36-29(25)32-26(24)21-14-34-28(30-15-31-34)18(4)17(21)3/h14-16,20,22,32H,6-13H2,1-5H3. The summed E-state index contributed by atoms with van der Waals surface area (Å²) in [6.45, 7) is 13.4. The summed E-state index contributed by atoms with van der Waals surface area (Å²) in [7, 11) is 0. The van der Waals surface area contributed by atoms with E-state index in [2.05, 4.69) is 60.8 Å². The number of hydrogen-bond acceptors (Lipinski definition) is 5. The molecule has 5 heterocycles. The smallest absolute Gasteiger partial charge is 0.158 e. The van der Waals surface area contributed by atoms with E-state index in [9.17, 15) is 4.79 Å². The number of thiophene rings is 1. The Hall–Kier alpha value is -2.51. The second kappa shape index (κ2) is 9.10. The molecule has 6 nitrogen and oxygen atoms in total. The SMILES string of the molecule is Cc1c(-c2[nH]c3sc(C4CCN(C5CCCCC5=O)CC4)c(C)c3c2C(C)C)cn2ncnc2c1C. The summed E-state index contributed by atoms with van der Waals surface area (Å²) in [4.78, 5) is 26.1. The second-order valence-electron chi connectivity index (χ2n) is 11.2. The van der Waals surface area contributed by atoms with E-state index >= 15 is 0 Å². The highest BCUT2D eigenvalue weighted by atomic mass is 32.1. The van der Waals surface area contributed by atoms with Crippen molar-refractivity contribution < 1.29 is 4.79 Å². The van der Waals surface area contributed by atoms with Crippen LogP contribution in [0.3, 0.4) is 0 Å². The molecule has 4 aromatic rings. The molecule has 1 saturated heterocycles. The van der Waals surface area contributed by atoms with E-state index < -0.39 is 0 Å². The Kier molecular flexibility index (Phi) is 6.03. The molecule has 0 radical (unpaired) electrons. The van der Waals surface area contributed by atoms with Crippen molar-refractivity contribution in [2.75, 3.05) is 13.1 Å². The van der Waals surface area contributed by atoms with Crippen molar-refractivity contribution >= 4 is 33.0 Å². The molecule has 1 atom stereocenters. The van der Waals surface area contributed by atoms with Crippen LogP contribution in [0.5, 0.6) is 0 Å². The Balaban J connectivity index is 1.34. The molecular formula is C29H37N5OS. The summed E-state index contributed by atoms with van der Waals surface area (Å²) < 4.78 is 1.90. The molecular weight excluding hydrogens is 466 g/mol. The average Bonchev–Trinajstić information content (AvgIpc) is 3.57. The fourth-order valence-electron chi connectivity index (χ4n) is 6.71. The monoisotopic (exact) mass is 503 g/mol. The molecule has 0 aromatic carbocycles. The molecule has 1 aliphatic heterocycles. The molecule has 0 bridgehead atoms. The Morgan fingerprint density at radius 2 is 1.83 bits per heavy atom. The average molecular weight is 504 g/mol. The summed E-state index contributed by atoms with van der Waals surface area (Å²) in [5.74, 6) is 1.47. The minimum absolute atomic E-state index is 0.183. The lowest BCUT2D eigenvalue weighted by Crippen LogP contribution is -2.46. The normalized spacial score (nSPS) is 20.4. The Morgan fingerprint density at radius 3 is 2.56 bits per heavy atom. The van der Waals surface area contributed by atoms with E-state index in [1.165, 1.54) is 50.1 Å². The lowest BCUT2D eigenvalue weighted by Gasteiger charge is -2.38. The molecule has 2 aliphatic rings. The fourth-order valence-corrected chi connectivity index (χ4v) is 8.10. The summed E-state index contributed by atoms with van der Waals surface area (Å²) in [5, 5.41) is 5.85. The van der Waals surface area contributed by atoms with Gasteiger partial charge in [-0.15, -0.1) is 11.3 Å². The molecule has 1 unspecified atom stereocenters. The molecule has 1 aliphatic carbocycles. The number of aromatic nitrogens is 4. The van der Waals surface area contributed by atoms with E-state index in [0.29, 0.717) is 17.6 Å². The second-order valence-corrected chi connectivity index (χ2v) is 12.3. The number of aromatic amines is 1. The third-order valence-electron chi connectivity index (χ3n) is 8.80. The number of H-pyrrole nitrogens is 1. The zero-order valence-corrected chi connectivity index (χ0v) is 23.0. The number of hydrogen-bond donors (Lipinski definition) is 1. The van der Waals surface area contributed by atoms with Crippen LogP contribution in [0.25, 0.3) is 27.1 Å². The van der Waals surface area contributed by atoms with Crippen LogP contribution in [0.1, 0.15) is 91.3 Å². The first kappa shape index (κ1) is 23.9. The van der Waals surface area contributed by atoms with Gasteiger partial charge >= 0.3 is 0 Å². The topological polar surface area (TPSA) is 66.3 Å². The van der Waals surface area contributed by atoms with Crippen molar-refractivity contribution in [3.8, 4) is 11.3 Å². The first-order chi connectivity index (χ1) is 17.3. The molecule has 6 rings (SSSR count). The molecule has 1 saturated carbocycles. The third kappa shape index (κ3) is 3.74. The van der Waals surface area contributed by atoms with Gasteiger partial charge in [-0.3, -0.25) is 9.69 Å². The number of likely N-dealkylation sites (tertiary alicyclic amines) is 1. The summed E-state index contributed by atoms with van der Waals surface area (Å²) in [6, 6.07) is 0.183. The predicted molar refractivity (Wildman–Crippen MR) is 147 cm³/mol. The van der Waals surface area contributed by atoms with Gasteiger partial charge in [0.25, 0.3) is 0 Å². The molecule has 0 amide bonds. The third-order valence-corrected chi connectivity index (χ3v) is 10.2. The van der Waals surface area contributed by atoms with Gasteiger partial charge in [-0.25, -0.2) is 9.50 Å². The van der Waals surface area contributed by atoms with Gasteiger partial charge in [0.05, 0.1) is 11.7 Å². The molecule has 190 valence electrons. The number of aryl methyl sites for hydroxylation is 2. The number of carbonyl (C=O) groups excluding carboxylic acids is 1. The molecule has 0 spiro atoms. The van der Waals surface area contributed by atoms with Crippen molar-refractivity contribution in [1.82, 2.24) is 24.5 Å². The number of Topliss-reactive ketones (excluding diaryl/α,β-unsaturated/α-hetero) is 1. The highest BCUT2D eigenvalue weighted by Gasteiger charge is 2.33. The minimum atomic E-state index is 0.183. The fraction of sp³-hybridized carbons (Fsp3) is 0.552. The molecule has 1 N–H and O–H groups in total. The van der Waals surface area contributed by atoms with Crippen LogP contribution >= 0.6 is 11.3 Å². The maximum atomic E-state index is 12.5. The van der Waals surface area contributed by atoms with Crippen molar-refractivity contribution in [2.24, 2.45) is 0 Å². The lowest BCUT2D eigenvalue weighted by molar-refractivity contribution is -0.126.